The van der Waals surface area contributed by atoms with Crippen LogP contribution >= 0.6 is 23.2 Å². The first-order chi connectivity index (χ1) is 23.3. The van der Waals surface area contributed by atoms with Crippen LogP contribution in [0.3, 0.4) is 0 Å². The zero-order chi connectivity index (χ0) is 33.9. The second kappa shape index (κ2) is 17.2. The molecule has 7 nitrogen and oxygen atoms in total. The average molecular weight is 685 g/mol. The van der Waals surface area contributed by atoms with Crippen molar-refractivity contribution in [2.45, 2.75) is 50.1 Å². The number of rotatable bonds is 12. The minimum atomic E-state index is -0.300. The normalized spacial score (nSPS) is 15.8. The van der Waals surface area contributed by atoms with E-state index in [2.05, 4.69) is 41.5 Å². The molecule has 0 bridgehead atoms. The molecule has 0 radical (unpaired) electrons. The van der Waals surface area contributed by atoms with E-state index in [4.69, 9.17) is 28.9 Å². The van der Waals surface area contributed by atoms with Crippen molar-refractivity contribution in [3.05, 3.63) is 143 Å². The van der Waals surface area contributed by atoms with E-state index in [0.717, 1.165) is 25.7 Å². The van der Waals surface area contributed by atoms with E-state index in [1.807, 2.05) is 60.7 Å². The van der Waals surface area contributed by atoms with Crippen molar-refractivity contribution in [2.75, 3.05) is 30.3 Å². The molecule has 48 heavy (non-hydrogen) atoms. The molecular formula is C39H43Cl2N5O2. The highest BCUT2D eigenvalue weighted by Crippen LogP contribution is 2.30. The molecule has 1 aliphatic carbocycles. The summed E-state index contributed by atoms with van der Waals surface area (Å²) in [6.07, 6.45) is 4.30. The standard InChI is InChI=1S/C39H43Cl2N5O2/c1-28(27-46(37-23-13-10-20-34(37)42)39(48)44-36-22-12-9-19-33(36)41)26-45(38(47)43-35-21-11-8-18-32(35)40)25-24-31(29-14-4-2-5-15-29)30-16-6-3-7-17-30/h2-9,11-12,14-19,21-22,31,34,37H,1,10,13,20,23-27,42H2,(H,43,47)(H,44,48)/t34-,37-/m1/s1. The number of carbonyl (C=O) groups is 2. The minimum Gasteiger partial charge on any atom is -0.326 e. The molecule has 0 aliphatic heterocycles. The molecule has 0 aromatic heterocycles. The fourth-order valence-electron chi connectivity index (χ4n) is 6.37. The molecule has 2 atom stereocenters. The van der Waals surface area contributed by atoms with Gasteiger partial charge in [0.25, 0.3) is 0 Å². The lowest BCUT2D eigenvalue weighted by Crippen LogP contribution is -2.54. The van der Waals surface area contributed by atoms with Gasteiger partial charge in [-0.3, -0.25) is 0 Å². The lowest BCUT2D eigenvalue weighted by molar-refractivity contribution is 0.160. The van der Waals surface area contributed by atoms with Gasteiger partial charge in [-0.2, -0.15) is 0 Å². The Morgan fingerprint density at radius 2 is 1.23 bits per heavy atom. The van der Waals surface area contributed by atoms with Crippen molar-refractivity contribution in [2.24, 2.45) is 5.73 Å². The number of hydrogen-bond donors (Lipinski definition) is 3. The molecule has 4 amide bonds. The summed E-state index contributed by atoms with van der Waals surface area (Å²) < 4.78 is 0. The molecule has 9 heteroatoms. The monoisotopic (exact) mass is 683 g/mol. The van der Waals surface area contributed by atoms with E-state index < -0.39 is 0 Å². The van der Waals surface area contributed by atoms with Gasteiger partial charge in [-0.15, -0.1) is 0 Å². The second-order valence-electron chi connectivity index (χ2n) is 12.3. The van der Waals surface area contributed by atoms with Crippen LogP contribution in [0.2, 0.25) is 10.0 Å². The fraction of sp³-hybridized carbons (Fsp3) is 0.282. The molecule has 0 heterocycles. The smallest absolute Gasteiger partial charge is 0.322 e. The highest BCUT2D eigenvalue weighted by molar-refractivity contribution is 6.34. The number of nitrogens with one attached hydrogen (secondary N) is 2. The number of hydrogen-bond acceptors (Lipinski definition) is 3. The summed E-state index contributed by atoms with van der Waals surface area (Å²) >= 11 is 12.8. The first-order valence-corrected chi connectivity index (χ1v) is 17.2. The molecule has 5 rings (SSSR count). The summed E-state index contributed by atoms with van der Waals surface area (Å²) in [5.74, 6) is 0.0643. The number of amides is 4. The lowest BCUT2D eigenvalue weighted by Gasteiger charge is -2.39. The van der Waals surface area contributed by atoms with Crippen LogP contribution in [0.4, 0.5) is 21.0 Å². The van der Waals surface area contributed by atoms with Crippen LogP contribution in [0.5, 0.6) is 0 Å². The SMILES string of the molecule is C=C(CN(CCC(c1ccccc1)c1ccccc1)C(=O)Nc1ccccc1Cl)CN(C(=O)Nc1ccccc1Cl)[C@@H]1CCCC[C@H]1N. The Hall–Kier alpha value is -4.30. The molecule has 4 N–H and O–H groups in total. The number of nitrogens with zero attached hydrogens (tertiary/aromatic N) is 2. The summed E-state index contributed by atoms with van der Waals surface area (Å²) in [6.45, 7) is 5.26. The molecule has 4 aromatic rings. The van der Waals surface area contributed by atoms with Gasteiger partial charge in [-0.25, -0.2) is 9.59 Å². The zero-order valence-electron chi connectivity index (χ0n) is 27.0. The maximum Gasteiger partial charge on any atom is 0.322 e. The second-order valence-corrected chi connectivity index (χ2v) is 13.1. The molecule has 1 fully saturated rings. The predicted octanol–water partition coefficient (Wildman–Crippen LogP) is 9.41. The summed E-state index contributed by atoms with van der Waals surface area (Å²) in [5, 5.41) is 6.87. The Bertz CT molecular complexity index is 1630. The summed E-state index contributed by atoms with van der Waals surface area (Å²) in [6, 6.07) is 34.0. The number of urea groups is 2. The first kappa shape index (κ1) is 35.0. The van der Waals surface area contributed by atoms with E-state index in [0.29, 0.717) is 40.0 Å². The first-order valence-electron chi connectivity index (χ1n) is 16.4. The Morgan fingerprint density at radius 3 is 1.77 bits per heavy atom. The third-order valence-corrected chi connectivity index (χ3v) is 9.52. The predicted molar refractivity (Wildman–Crippen MR) is 198 cm³/mol. The summed E-state index contributed by atoms with van der Waals surface area (Å²) in [7, 11) is 0. The number of nitrogens with two attached hydrogens (primary N) is 1. The van der Waals surface area contributed by atoms with Crippen LogP contribution < -0.4 is 16.4 Å². The van der Waals surface area contributed by atoms with E-state index in [1.54, 1.807) is 34.1 Å². The Kier molecular flexibility index (Phi) is 12.5. The van der Waals surface area contributed by atoms with E-state index in [1.165, 1.54) is 11.1 Å². The highest BCUT2D eigenvalue weighted by Gasteiger charge is 2.32. The number of halogens is 2. The van der Waals surface area contributed by atoms with Crippen molar-refractivity contribution >= 4 is 46.6 Å². The van der Waals surface area contributed by atoms with Crippen molar-refractivity contribution in [1.29, 1.82) is 0 Å². The fourth-order valence-corrected chi connectivity index (χ4v) is 6.73. The van der Waals surface area contributed by atoms with Gasteiger partial charge in [-0.05, 0) is 60.2 Å². The Balaban J connectivity index is 1.38. The quantitative estimate of drug-likeness (QED) is 0.130. The largest absolute Gasteiger partial charge is 0.326 e. The van der Waals surface area contributed by atoms with Crippen LogP contribution in [-0.4, -0.2) is 53.6 Å². The van der Waals surface area contributed by atoms with Gasteiger partial charge >= 0.3 is 12.1 Å². The molecule has 4 aromatic carbocycles. The molecule has 0 saturated heterocycles. The number of para-hydroxylation sites is 2. The molecular weight excluding hydrogens is 641 g/mol. The number of anilines is 2. The number of carbonyl (C=O) groups excluding carboxylic acids is 2. The van der Waals surface area contributed by atoms with Gasteiger partial charge in [0.15, 0.2) is 0 Å². The van der Waals surface area contributed by atoms with Gasteiger partial charge < -0.3 is 26.2 Å². The summed E-state index contributed by atoms with van der Waals surface area (Å²) in [4.78, 5) is 31.3. The van der Waals surface area contributed by atoms with E-state index in [-0.39, 0.29) is 43.2 Å². The minimum absolute atomic E-state index is 0.0643. The molecule has 250 valence electrons. The highest BCUT2D eigenvalue weighted by atomic mass is 35.5. The van der Waals surface area contributed by atoms with E-state index >= 15 is 0 Å². The van der Waals surface area contributed by atoms with Crippen LogP contribution in [0, 0.1) is 0 Å². The van der Waals surface area contributed by atoms with Gasteiger partial charge in [0.1, 0.15) is 0 Å². The van der Waals surface area contributed by atoms with Gasteiger partial charge in [-0.1, -0.05) is 128 Å². The Morgan fingerprint density at radius 1 is 0.729 bits per heavy atom. The van der Waals surface area contributed by atoms with Crippen molar-refractivity contribution in [3.63, 3.8) is 0 Å². The maximum atomic E-state index is 13.9. The van der Waals surface area contributed by atoms with E-state index in [9.17, 15) is 9.59 Å². The lowest BCUT2D eigenvalue weighted by atomic mass is 9.88. The van der Waals surface area contributed by atoms with Crippen molar-refractivity contribution in [3.8, 4) is 0 Å². The van der Waals surface area contributed by atoms with Crippen LogP contribution in [0.15, 0.2) is 121 Å². The van der Waals surface area contributed by atoms with Crippen molar-refractivity contribution < 1.29 is 9.59 Å². The van der Waals surface area contributed by atoms with Gasteiger partial charge in [0.2, 0.25) is 0 Å². The van der Waals surface area contributed by atoms with Crippen LogP contribution in [0.25, 0.3) is 0 Å². The molecule has 1 saturated carbocycles. The van der Waals surface area contributed by atoms with Crippen LogP contribution in [0.1, 0.15) is 49.1 Å². The Labute approximate surface area is 293 Å². The average Bonchev–Trinajstić information content (AvgIpc) is 3.10. The molecule has 0 spiro atoms. The van der Waals surface area contributed by atoms with Crippen molar-refractivity contribution in [1.82, 2.24) is 9.80 Å². The third-order valence-electron chi connectivity index (χ3n) is 8.86. The van der Waals surface area contributed by atoms with Gasteiger partial charge in [0.05, 0.1) is 21.4 Å². The zero-order valence-corrected chi connectivity index (χ0v) is 28.5. The van der Waals surface area contributed by atoms with Gasteiger partial charge in [0, 0.05) is 37.6 Å². The topological polar surface area (TPSA) is 90.7 Å². The maximum absolute atomic E-state index is 13.9. The van der Waals surface area contributed by atoms with Crippen LogP contribution in [-0.2, 0) is 0 Å². The number of benzene rings is 4. The molecule has 1 aliphatic rings. The summed E-state index contributed by atoms with van der Waals surface area (Å²) in [5.41, 5.74) is 10.7. The third kappa shape index (κ3) is 9.41. The molecule has 0 unspecified atom stereocenters.